The van der Waals surface area contributed by atoms with Crippen molar-refractivity contribution in [3.8, 4) is 11.5 Å². The maximum Gasteiger partial charge on any atom is 0.263 e. The van der Waals surface area contributed by atoms with Crippen LogP contribution < -0.4 is 14.4 Å². The van der Waals surface area contributed by atoms with Crippen molar-refractivity contribution in [2.75, 3.05) is 45.3 Å². The zero-order valence-electron chi connectivity index (χ0n) is 18.3. The Morgan fingerprint density at radius 1 is 1.00 bits per heavy atom. The van der Waals surface area contributed by atoms with Crippen LogP contribution in [0.2, 0.25) is 0 Å². The number of aryl methyl sites for hydroxylation is 1. The fraction of sp³-hybridized carbons (Fsp3) is 0.391. The summed E-state index contributed by atoms with van der Waals surface area (Å²) in [5.74, 6) is 1.16. The molecule has 1 amide bonds. The van der Waals surface area contributed by atoms with Gasteiger partial charge in [0.05, 0.1) is 24.5 Å². The Balaban J connectivity index is 2.06. The number of benzene rings is 2. The Hall–Kier alpha value is -2.64. The minimum Gasteiger partial charge on any atom is -0.496 e. The zero-order chi connectivity index (χ0) is 21.7. The van der Waals surface area contributed by atoms with E-state index in [1.54, 1.807) is 31.3 Å². The molecule has 0 saturated carbocycles. The van der Waals surface area contributed by atoms with Gasteiger partial charge in [-0.1, -0.05) is 43.4 Å². The van der Waals surface area contributed by atoms with E-state index >= 15 is 0 Å². The molecule has 0 spiro atoms. The molecule has 2 aromatic carbocycles. The van der Waals surface area contributed by atoms with E-state index in [4.69, 9.17) is 14.5 Å². The minimum absolute atomic E-state index is 0.115. The molecule has 0 bridgehead atoms. The average Bonchev–Trinajstić information content (AvgIpc) is 3.22. The molecule has 0 radical (unpaired) electrons. The summed E-state index contributed by atoms with van der Waals surface area (Å²) in [5.41, 5.74) is 2.43. The lowest BCUT2D eigenvalue weighted by molar-refractivity contribution is 0.0981. The molecule has 0 aliphatic rings. The van der Waals surface area contributed by atoms with Crippen molar-refractivity contribution in [1.29, 1.82) is 0 Å². The molecule has 3 rings (SSSR count). The van der Waals surface area contributed by atoms with Crippen molar-refractivity contribution >= 4 is 32.6 Å². The highest BCUT2D eigenvalue weighted by Crippen LogP contribution is 2.37. The highest BCUT2D eigenvalue weighted by atomic mass is 32.1. The summed E-state index contributed by atoms with van der Waals surface area (Å²) in [6.07, 6.45) is 0. The first-order chi connectivity index (χ1) is 14.5. The maximum absolute atomic E-state index is 13.6. The smallest absolute Gasteiger partial charge is 0.263 e. The number of thiazole rings is 1. The third-order valence-electron chi connectivity index (χ3n) is 5.26. The predicted octanol–water partition coefficient (Wildman–Crippen LogP) is 4.61. The van der Waals surface area contributed by atoms with Gasteiger partial charge in [-0.15, -0.1) is 0 Å². The Morgan fingerprint density at radius 2 is 1.70 bits per heavy atom. The largest absolute Gasteiger partial charge is 0.496 e. The standard InChI is InChI=1S/C23H29N3O3S/c1-6-25(7-2)14-15-26(22(27)17-10-8-9-11-18(17)28-4)23-24-20-19(29-5)13-12-16(3)21(20)30-23/h8-13H,6-7,14-15H2,1-5H3. The molecule has 7 heteroatoms. The summed E-state index contributed by atoms with van der Waals surface area (Å²) in [6, 6.07) is 11.3. The highest BCUT2D eigenvalue weighted by Gasteiger charge is 2.25. The number of likely N-dealkylation sites (N-methyl/N-ethyl adjacent to an activating group) is 1. The fourth-order valence-corrected chi connectivity index (χ4v) is 4.49. The summed E-state index contributed by atoms with van der Waals surface area (Å²) in [7, 11) is 3.22. The van der Waals surface area contributed by atoms with Crippen LogP contribution in [0.3, 0.4) is 0 Å². The van der Waals surface area contributed by atoms with Crippen LogP contribution >= 0.6 is 11.3 Å². The van der Waals surface area contributed by atoms with E-state index < -0.39 is 0 Å². The molecule has 1 aromatic heterocycles. The summed E-state index contributed by atoms with van der Waals surface area (Å²) >= 11 is 1.52. The number of methoxy groups -OCH3 is 2. The lowest BCUT2D eigenvalue weighted by Crippen LogP contribution is -2.39. The Kier molecular flexibility index (Phi) is 7.29. The maximum atomic E-state index is 13.6. The molecule has 1 heterocycles. The monoisotopic (exact) mass is 427 g/mol. The lowest BCUT2D eigenvalue weighted by Gasteiger charge is -2.25. The average molecular weight is 428 g/mol. The first-order valence-corrected chi connectivity index (χ1v) is 11.0. The second-order valence-corrected chi connectivity index (χ2v) is 7.92. The molecular formula is C23H29N3O3S. The second kappa shape index (κ2) is 9.91. The van der Waals surface area contributed by atoms with Crippen LogP contribution in [0.5, 0.6) is 11.5 Å². The number of nitrogens with zero attached hydrogens (tertiary/aromatic N) is 3. The van der Waals surface area contributed by atoms with Crippen molar-refractivity contribution in [2.45, 2.75) is 20.8 Å². The van der Waals surface area contributed by atoms with Crippen LogP contribution in [0.1, 0.15) is 29.8 Å². The van der Waals surface area contributed by atoms with E-state index in [2.05, 4.69) is 18.7 Å². The number of ether oxygens (including phenoxy) is 2. The predicted molar refractivity (Wildman–Crippen MR) is 123 cm³/mol. The van der Waals surface area contributed by atoms with Gasteiger partial charge in [0.15, 0.2) is 5.13 Å². The molecule has 6 nitrogen and oxygen atoms in total. The molecule has 160 valence electrons. The van der Waals surface area contributed by atoms with Crippen molar-refractivity contribution in [3.05, 3.63) is 47.5 Å². The number of hydrogen-bond donors (Lipinski definition) is 0. The van der Waals surface area contributed by atoms with Gasteiger partial charge in [0.2, 0.25) is 0 Å². The SMILES string of the molecule is CCN(CC)CCN(C(=O)c1ccccc1OC)c1nc2c(OC)ccc(C)c2s1. The van der Waals surface area contributed by atoms with Crippen LogP contribution in [0.25, 0.3) is 10.2 Å². The van der Waals surface area contributed by atoms with Gasteiger partial charge in [0, 0.05) is 13.1 Å². The zero-order valence-corrected chi connectivity index (χ0v) is 19.1. The van der Waals surface area contributed by atoms with E-state index in [9.17, 15) is 4.79 Å². The van der Waals surface area contributed by atoms with Crippen LogP contribution in [-0.2, 0) is 0 Å². The van der Waals surface area contributed by atoms with E-state index in [1.807, 2.05) is 31.2 Å². The molecule has 0 N–H and O–H groups in total. The molecule has 0 fully saturated rings. The number of carbonyl (C=O) groups is 1. The van der Waals surface area contributed by atoms with Gasteiger partial charge in [0.25, 0.3) is 5.91 Å². The first-order valence-electron chi connectivity index (χ1n) is 10.1. The van der Waals surface area contributed by atoms with Gasteiger partial charge in [-0.3, -0.25) is 9.69 Å². The summed E-state index contributed by atoms with van der Waals surface area (Å²) in [4.78, 5) is 22.5. The van der Waals surface area contributed by atoms with Gasteiger partial charge < -0.3 is 14.4 Å². The highest BCUT2D eigenvalue weighted by molar-refractivity contribution is 7.22. The summed E-state index contributed by atoms with van der Waals surface area (Å²) in [6.45, 7) is 9.47. The number of fused-ring (bicyclic) bond motifs is 1. The number of amides is 1. The summed E-state index contributed by atoms with van der Waals surface area (Å²) < 4.78 is 12.0. The number of hydrogen-bond acceptors (Lipinski definition) is 6. The van der Waals surface area contributed by atoms with Gasteiger partial charge >= 0.3 is 0 Å². The summed E-state index contributed by atoms with van der Waals surface area (Å²) in [5, 5.41) is 0.667. The van der Waals surface area contributed by atoms with Gasteiger partial charge in [-0.25, -0.2) is 4.98 Å². The molecule has 30 heavy (non-hydrogen) atoms. The number of aromatic nitrogens is 1. The van der Waals surface area contributed by atoms with Crippen molar-refractivity contribution in [3.63, 3.8) is 0 Å². The molecule has 0 saturated heterocycles. The molecule has 0 unspecified atom stereocenters. The number of para-hydroxylation sites is 1. The van der Waals surface area contributed by atoms with Crippen LogP contribution in [0.4, 0.5) is 5.13 Å². The number of anilines is 1. The quantitative estimate of drug-likeness (QED) is 0.499. The van der Waals surface area contributed by atoms with E-state index in [0.717, 1.165) is 35.4 Å². The molecule has 0 aliphatic carbocycles. The van der Waals surface area contributed by atoms with Crippen molar-refractivity contribution < 1.29 is 14.3 Å². The minimum atomic E-state index is -0.115. The van der Waals surface area contributed by atoms with E-state index in [1.165, 1.54) is 11.3 Å². The Labute approximate surface area is 182 Å². The van der Waals surface area contributed by atoms with Crippen LogP contribution in [0, 0.1) is 6.92 Å². The van der Waals surface area contributed by atoms with Crippen LogP contribution in [0.15, 0.2) is 36.4 Å². The van der Waals surface area contributed by atoms with Gasteiger partial charge in [-0.05, 0) is 43.8 Å². The van der Waals surface area contributed by atoms with Crippen molar-refractivity contribution in [2.24, 2.45) is 0 Å². The molecule has 3 aromatic rings. The second-order valence-electron chi connectivity index (χ2n) is 6.94. The number of carbonyl (C=O) groups excluding carboxylic acids is 1. The third kappa shape index (κ3) is 4.42. The first kappa shape index (κ1) is 22.1. The van der Waals surface area contributed by atoms with Gasteiger partial charge in [-0.2, -0.15) is 0 Å². The molecular weight excluding hydrogens is 398 g/mol. The third-order valence-corrected chi connectivity index (χ3v) is 6.47. The Bertz CT molecular complexity index is 1010. The molecule has 0 atom stereocenters. The van der Waals surface area contributed by atoms with Crippen LogP contribution in [-0.4, -0.2) is 56.2 Å². The normalized spacial score (nSPS) is 11.1. The topological polar surface area (TPSA) is 54.9 Å². The van der Waals surface area contributed by atoms with Crippen molar-refractivity contribution in [1.82, 2.24) is 9.88 Å². The fourth-order valence-electron chi connectivity index (χ4n) is 3.41. The van der Waals surface area contributed by atoms with E-state index in [-0.39, 0.29) is 5.91 Å². The Morgan fingerprint density at radius 3 is 2.37 bits per heavy atom. The lowest BCUT2D eigenvalue weighted by atomic mass is 10.1. The van der Waals surface area contributed by atoms with Gasteiger partial charge in [0.1, 0.15) is 17.0 Å². The molecule has 0 aliphatic heterocycles. The van der Waals surface area contributed by atoms with E-state index in [0.29, 0.717) is 28.7 Å². The number of rotatable bonds is 9.